The lowest BCUT2D eigenvalue weighted by atomic mass is 10.2. The maximum atomic E-state index is 12.5. The Morgan fingerprint density at radius 1 is 1.17 bits per heavy atom. The van der Waals surface area contributed by atoms with Crippen molar-refractivity contribution in [3.63, 3.8) is 0 Å². The number of nitrogens with zero attached hydrogens (tertiary/aromatic N) is 4. The third kappa shape index (κ3) is 4.51. The lowest BCUT2D eigenvalue weighted by Gasteiger charge is -2.34. The van der Waals surface area contributed by atoms with Gasteiger partial charge in [-0.15, -0.1) is 11.8 Å². The Hall–Kier alpha value is -2.65. The summed E-state index contributed by atoms with van der Waals surface area (Å²) < 4.78 is 0.808. The van der Waals surface area contributed by atoms with Gasteiger partial charge in [-0.25, -0.2) is 4.98 Å². The summed E-state index contributed by atoms with van der Waals surface area (Å²) in [6.45, 7) is 4.78. The molecule has 9 heteroatoms. The number of benzene rings is 2. The maximum absolute atomic E-state index is 12.5. The SMILES string of the molecule is Cc1ccc(SCC(=O)N2CCN(c3nc4ccc([N+](=O)[O-])cc4s3)CC2)cc1. The average molecular weight is 429 g/mol. The largest absolute Gasteiger partial charge is 0.345 e. The van der Waals surface area contributed by atoms with E-state index in [-0.39, 0.29) is 11.6 Å². The number of hydrogen-bond donors (Lipinski definition) is 0. The van der Waals surface area contributed by atoms with E-state index in [4.69, 9.17) is 0 Å². The van der Waals surface area contributed by atoms with E-state index in [9.17, 15) is 14.9 Å². The molecule has 7 nitrogen and oxygen atoms in total. The van der Waals surface area contributed by atoms with Gasteiger partial charge in [0, 0.05) is 43.2 Å². The smallest absolute Gasteiger partial charge is 0.270 e. The fraction of sp³-hybridized carbons (Fsp3) is 0.300. The van der Waals surface area contributed by atoms with Crippen LogP contribution in [0.2, 0.25) is 0 Å². The Morgan fingerprint density at radius 2 is 1.90 bits per heavy atom. The lowest BCUT2D eigenvalue weighted by molar-refractivity contribution is -0.384. The normalized spacial score (nSPS) is 14.4. The van der Waals surface area contributed by atoms with E-state index in [0.717, 1.165) is 20.2 Å². The Balaban J connectivity index is 1.34. The van der Waals surface area contributed by atoms with Gasteiger partial charge in [-0.1, -0.05) is 29.0 Å². The van der Waals surface area contributed by atoms with E-state index in [1.54, 1.807) is 23.9 Å². The van der Waals surface area contributed by atoms with E-state index in [2.05, 4.69) is 22.0 Å². The first-order chi connectivity index (χ1) is 14.0. The fourth-order valence-electron chi connectivity index (χ4n) is 3.17. The van der Waals surface area contributed by atoms with E-state index in [0.29, 0.717) is 31.9 Å². The zero-order valence-corrected chi connectivity index (χ0v) is 17.5. The molecule has 0 saturated carbocycles. The van der Waals surface area contributed by atoms with Crippen molar-refractivity contribution in [3.05, 3.63) is 58.1 Å². The molecule has 1 fully saturated rings. The van der Waals surface area contributed by atoms with Gasteiger partial charge in [-0.05, 0) is 25.1 Å². The van der Waals surface area contributed by atoms with Crippen LogP contribution in [-0.2, 0) is 4.79 Å². The van der Waals surface area contributed by atoms with E-state index in [1.165, 1.54) is 23.0 Å². The first-order valence-corrected chi connectivity index (χ1v) is 11.1. The number of aromatic nitrogens is 1. The number of thiazole rings is 1. The second kappa shape index (κ2) is 8.38. The van der Waals surface area contributed by atoms with Crippen LogP contribution in [0.4, 0.5) is 10.8 Å². The van der Waals surface area contributed by atoms with Crippen molar-refractivity contribution in [2.75, 3.05) is 36.8 Å². The van der Waals surface area contributed by atoms with Crippen molar-refractivity contribution in [2.45, 2.75) is 11.8 Å². The molecule has 0 N–H and O–H groups in total. The fourth-order valence-corrected chi connectivity index (χ4v) is 5.02. The highest BCUT2D eigenvalue weighted by Crippen LogP contribution is 2.32. The summed E-state index contributed by atoms with van der Waals surface area (Å²) in [5.74, 6) is 0.587. The van der Waals surface area contributed by atoms with E-state index in [1.807, 2.05) is 24.0 Å². The molecule has 1 aliphatic rings. The number of carbonyl (C=O) groups excluding carboxylic acids is 1. The molecule has 29 heavy (non-hydrogen) atoms. The summed E-state index contributed by atoms with van der Waals surface area (Å²) in [5, 5.41) is 11.8. The van der Waals surface area contributed by atoms with Crippen LogP contribution < -0.4 is 4.90 Å². The monoisotopic (exact) mass is 428 g/mol. The van der Waals surface area contributed by atoms with Gasteiger partial charge in [-0.3, -0.25) is 14.9 Å². The highest BCUT2D eigenvalue weighted by atomic mass is 32.2. The summed E-state index contributed by atoms with van der Waals surface area (Å²) in [6.07, 6.45) is 0. The number of nitro groups is 1. The molecule has 150 valence electrons. The Bertz CT molecular complexity index is 1040. The van der Waals surface area contributed by atoms with Gasteiger partial charge in [0.15, 0.2) is 5.13 Å². The number of amides is 1. The quantitative estimate of drug-likeness (QED) is 0.348. The number of nitro benzene ring substituents is 1. The highest BCUT2D eigenvalue weighted by Gasteiger charge is 2.23. The topological polar surface area (TPSA) is 79.6 Å². The van der Waals surface area contributed by atoms with Crippen molar-refractivity contribution < 1.29 is 9.72 Å². The molecule has 0 atom stereocenters. The van der Waals surface area contributed by atoms with Crippen LogP contribution in [-0.4, -0.2) is 52.6 Å². The minimum atomic E-state index is -0.391. The molecule has 3 aromatic rings. The molecule has 0 radical (unpaired) electrons. The predicted molar refractivity (Wildman–Crippen MR) is 117 cm³/mol. The van der Waals surface area contributed by atoms with Gasteiger partial charge in [0.2, 0.25) is 5.91 Å². The van der Waals surface area contributed by atoms with Crippen LogP contribution in [0.3, 0.4) is 0 Å². The molecule has 2 aromatic carbocycles. The molecule has 1 aliphatic heterocycles. The Morgan fingerprint density at radius 3 is 2.59 bits per heavy atom. The molecule has 4 rings (SSSR count). The number of piperazine rings is 1. The van der Waals surface area contributed by atoms with Gasteiger partial charge in [0.25, 0.3) is 5.69 Å². The molecule has 1 saturated heterocycles. The molecule has 0 spiro atoms. The van der Waals surface area contributed by atoms with Crippen LogP contribution in [0.25, 0.3) is 10.2 Å². The number of non-ortho nitro benzene ring substituents is 1. The minimum absolute atomic E-state index is 0.0780. The van der Waals surface area contributed by atoms with Crippen molar-refractivity contribution in [3.8, 4) is 0 Å². The second-order valence-electron chi connectivity index (χ2n) is 6.88. The zero-order valence-electron chi connectivity index (χ0n) is 15.9. The zero-order chi connectivity index (χ0) is 20.4. The molecular formula is C20H20N4O3S2. The average Bonchev–Trinajstić information content (AvgIpc) is 3.16. The molecule has 0 aliphatic carbocycles. The summed E-state index contributed by atoms with van der Waals surface area (Å²) in [7, 11) is 0. The number of rotatable bonds is 5. The number of hydrogen-bond acceptors (Lipinski definition) is 7. The number of fused-ring (bicyclic) bond motifs is 1. The van der Waals surface area contributed by atoms with Crippen LogP contribution >= 0.6 is 23.1 Å². The summed E-state index contributed by atoms with van der Waals surface area (Å²) in [5.41, 5.74) is 2.05. The van der Waals surface area contributed by atoms with Crippen LogP contribution in [0.1, 0.15) is 5.56 Å². The van der Waals surface area contributed by atoms with Crippen molar-refractivity contribution in [1.82, 2.24) is 9.88 Å². The highest BCUT2D eigenvalue weighted by molar-refractivity contribution is 8.00. The van der Waals surface area contributed by atoms with Crippen LogP contribution in [0.5, 0.6) is 0 Å². The molecule has 2 heterocycles. The standard InChI is InChI=1S/C20H20N4O3S2/c1-14-2-5-16(6-3-14)28-13-19(25)22-8-10-23(11-9-22)20-21-17-7-4-15(24(26)27)12-18(17)29-20/h2-7,12H,8-11,13H2,1H3. The van der Waals surface area contributed by atoms with Crippen molar-refractivity contribution >= 4 is 50.0 Å². The van der Waals surface area contributed by atoms with Gasteiger partial charge < -0.3 is 9.80 Å². The maximum Gasteiger partial charge on any atom is 0.270 e. The number of carbonyl (C=O) groups is 1. The van der Waals surface area contributed by atoms with Crippen molar-refractivity contribution in [2.24, 2.45) is 0 Å². The van der Waals surface area contributed by atoms with Gasteiger partial charge in [0.05, 0.1) is 20.9 Å². The third-order valence-electron chi connectivity index (χ3n) is 4.86. The number of anilines is 1. The van der Waals surface area contributed by atoms with Gasteiger partial charge >= 0.3 is 0 Å². The van der Waals surface area contributed by atoms with Gasteiger partial charge in [-0.2, -0.15) is 0 Å². The molecular weight excluding hydrogens is 408 g/mol. The summed E-state index contributed by atoms with van der Waals surface area (Å²) >= 11 is 3.02. The first-order valence-electron chi connectivity index (χ1n) is 9.27. The van der Waals surface area contributed by atoms with Crippen LogP contribution in [0.15, 0.2) is 47.4 Å². The molecule has 0 unspecified atom stereocenters. The second-order valence-corrected chi connectivity index (χ2v) is 8.93. The summed E-state index contributed by atoms with van der Waals surface area (Å²) in [6, 6.07) is 12.9. The molecule has 0 bridgehead atoms. The molecule has 1 amide bonds. The lowest BCUT2D eigenvalue weighted by Crippen LogP contribution is -2.49. The predicted octanol–water partition coefficient (Wildman–Crippen LogP) is 3.95. The van der Waals surface area contributed by atoms with Gasteiger partial charge in [0.1, 0.15) is 0 Å². The van der Waals surface area contributed by atoms with Crippen LogP contribution in [0, 0.1) is 17.0 Å². The first kappa shape index (κ1) is 19.7. The Kier molecular flexibility index (Phi) is 5.68. The number of thioether (sulfide) groups is 1. The minimum Gasteiger partial charge on any atom is -0.345 e. The third-order valence-corrected chi connectivity index (χ3v) is 6.93. The van der Waals surface area contributed by atoms with Crippen molar-refractivity contribution in [1.29, 1.82) is 0 Å². The summed E-state index contributed by atoms with van der Waals surface area (Å²) in [4.78, 5) is 32.8. The van der Waals surface area contributed by atoms with E-state index < -0.39 is 4.92 Å². The Labute approximate surface area is 176 Å². The molecule has 1 aromatic heterocycles. The number of aryl methyl sites for hydroxylation is 1. The van der Waals surface area contributed by atoms with E-state index >= 15 is 0 Å².